The molecule has 2 N–H and O–H groups in total. The second kappa shape index (κ2) is 8.20. The molecule has 6 heteroatoms. The highest BCUT2D eigenvalue weighted by Gasteiger charge is 2.28. The minimum atomic E-state index is -0.173. The fourth-order valence-electron chi connectivity index (χ4n) is 2.56. The van der Waals surface area contributed by atoms with Gasteiger partial charge in [-0.2, -0.15) is 0 Å². The van der Waals surface area contributed by atoms with Gasteiger partial charge in [-0.05, 0) is 43.0 Å². The molecule has 0 saturated carbocycles. The summed E-state index contributed by atoms with van der Waals surface area (Å²) < 4.78 is 0. The standard InChI is InChI=1S/C17H24ClN3O2/c1-12(2)10-19-16(22)13-4-3-9-21(11-13)17(23)20-15-7-5-14(18)6-8-15/h5-8,12-13H,3-4,9-11H2,1-2H3,(H,19,22)(H,20,23). The lowest BCUT2D eigenvalue weighted by atomic mass is 9.97. The SMILES string of the molecule is CC(C)CNC(=O)C1CCCN(C(=O)Nc2ccc(Cl)cc2)C1. The smallest absolute Gasteiger partial charge is 0.321 e. The predicted molar refractivity (Wildman–Crippen MR) is 92.6 cm³/mol. The number of urea groups is 1. The van der Waals surface area contributed by atoms with Crippen LogP contribution < -0.4 is 10.6 Å². The molecule has 23 heavy (non-hydrogen) atoms. The Bertz CT molecular complexity index is 545. The number of hydrogen-bond acceptors (Lipinski definition) is 2. The summed E-state index contributed by atoms with van der Waals surface area (Å²) in [5.41, 5.74) is 0.700. The highest BCUT2D eigenvalue weighted by Crippen LogP contribution is 2.19. The number of amides is 3. The molecule has 0 aliphatic carbocycles. The Morgan fingerprint density at radius 2 is 2.00 bits per heavy atom. The van der Waals surface area contributed by atoms with Crippen molar-refractivity contribution in [3.8, 4) is 0 Å². The third-order valence-corrected chi connectivity index (χ3v) is 4.11. The normalized spacial score (nSPS) is 17.9. The Morgan fingerprint density at radius 1 is 1.30 bits per heavy atom. The van der Waals surface area contributed by atoms with Crippen LogP contribution in [-0.4, -0.2) is 36.5 Å². The maximum atomic E-state index is 12.3. The molecule has 0 bridgehead atoms. The second-order valence-corrected chi connectivity index (χ2v) is 6.80. The molecule has 1 unspecified atom stereocenters. The van der Waals surface area contributed by atoms with E-state index in [0.29, 0.717) is 36.3 Å². The van der Waals surface area contributed by atoms with E-state index in [-0.39, 0.29) is 17.9 Å². The number of halogens is 1. The number of rotatable bonds is 4. The highest BCUT2D eigenvalue weighted by atomic mass is 35.5. The summed E-state index contributed by atoms with van der Waals surface area (Å²) in [5.74, 6) is 0.341. The molecule has 0 radical (unpaired) electrons. The molecule has 1 saturated heterocycles. The molecule has 126 valence electrons. The van der Waals surface area contributed by atoms with Crippen LogP contribution in [0.2, 0.25) is 5.02 Å². The zero-order valence-electron chi connectivity index (χ0n) is 13.6. The van der Waals surface area contributed by atoms with E-state index in [0.717, 1.165) is 12.8 Å². The van der Waals surface area contributed by atoms with Gasteiger partial charge in [-0.3, -0.25) is 4.79 Å². The van der Waals surface area contributed by atoms with Gasteiger partial charge in [-0.15, -0.1) is 0 Å². The Balaban J connectivity index is 1.88. The van der Waals surface area contributed by atoms with Crippen molar-refractivity contribution in [2.24, 2.45) is 11.8 Å². The summed E-state index contributed by atoms with van der Waals surface area (Å²) in [7, 11) is 0. The van der Waals surface area contributed by atoms with Gasteiger partial charge in [0.25, 0.3) is 0 Å². The number of hydrogen-bond donors (Lipinski definition) is 2. The molecule has 1 aliphatic heterocycles. The van der Waals surface area contributed by atoms with Crippen molar-refractivity contribution >= 4 is 29.2 Å². The Morgan fingerprint density at radius 3 is 2.65 bits per heavy atom. The van der Waals surface area contributed by atoms with Crippen LogP contribution in [0.1, 0.15) is 26.7 Å². The summed E-state index contributed by atoms with van der Waals surface area (Å²) in [5, 5.41) is 6.43. The van der Waals surface area contributed by atoms with Gasteiger partial charge in [-0.1, -0.05) is 25.4 Å². The summed E-state index contributed by atoms with van der Waals surface area (Å²) in [4.78, 5) is 26.2. The number of piperidine rings is 1. The lowest BCUT2D eigenvalue weighted by Gasteiger charge is -2.32. The summed E-state index contributed by atoms with van der Waals surface area (Å²) in [6.45, 7) is 5.93. The molecule has 2 rings (SSSR count). The Hall–Kier alpha value is -1.75. The van der Waals surface area contributed by atoms with E-state index >= 15 is 0 Å². The molecule has 3 amide bonds. The van der Waals surface area contributed by atoms with E-state index in [9.17, 15) is 9.59 Å². The maximum Gasteiger partial charge on any atom is 0.321 e. The molecule has 1 aliphatic rings. The van der Waals surface area contributed by atoms with E-state index in [4.69, 9.17) is 11.6 Å². The first-order chi connectivity index (χ1) is 11.0. The molecule has 1 atom stereocenters. The van der Waals surface area contributed by atoms with Gasteiger partial charge in [0.1, 0.15) is 0 Å². The topological polar surface area (TPSA) is 61.4 Å². The number of carbonyl (C=O) groups is 2. The lowest BCUT2D eigenvalue weighted by Crippen LogP contribution is -2.47. The quantitative estimate of drug-likeness (QED) is 0.885. The fourth-order valence-corrected chi connectivity index (χ4v) is 2.69. The Labute approximate surface area is 142 Å². The molecule has 1 fully saturated rings. The molecular formula is C17H24ClN3O2. The van der Waals surface area contributed by atoms with Crippen molar-refractivity contribution in [3.05, 3.63) is 29.3 Å². The first-order valence-electron chi connectivity index (χ1n) is 8.05. The van der Waals surface area contributed by atoms with Crippen LogP contribution in [0.3, 0.4) is 0 Å². The average Bonchev–Trinajstić information content (AvgIpc) is 2.54. The van der Waals surface area contributed by atoms with Crippen molar-refractivity contribution < 1.29 is 9.59 Å². The van der Waals surface area contributed by atoms with Crippen molar-refractivity contribution in [3.63, 3.8) is 0 Å². The fraction of sp³-hybridized carbons (Fsp3) is 0.529. The number of nitrogens with one attached hydrogen (secondary N) is 2. The van der Waals surface area contributed by atoms with Crippen LogP contribution in [0, 0.1) is 11.8 Å². The van der Waals surface area contributed by atoms with E-state index in [2.05, 4.69) is 24.5 Å². The lowest BCUT2D eigenvalue weighted by molar-refractivity contribution is -0.126. The van der Waals surface area contributed by atoms with Gasteiger partial charge in [0.2, 0.25) is 5.91 Å². The minimum Gasteiger partial charge on any atom is -0.356 e. The van der Waals surface area contributed by atoms with Crippen LogP contribution in [0.15, 0.2) is 24.3 Å². The van der Waals surface area contributed by atoms with Crippen molar-refractivity contribution in [2.45, 2.75) is 26.7 Å². The summed E-state index contributed by atoms with van der Waals surface area (Å²) >= 11 is 5.84. The van der Waals surface area contributed by atoms with Crippen LogP contribution >= 0.6 is 11.6 Å². The van der Waals surface area contributed by atoms with E-state index in [1.54, 1.807) is 29.2 Å². The number of nitrogens with zero attached hydrogens (tertiary/aromatic N) is 1. The minimum absolute atomic E-state index is 0.0442. The van der Waals surface area contributed by atoms with Gasteiger partial charge in [0.15, 0.2) is 0 Å². The van der Waals surface area contributed by atoms with Crippen LogP contribution in [0.5, 0.6) is 0 Å². The van der Waals surface area contributed by atoms with Gasteiger partial charge in [-0.25, -0.2) is 4.79 Å². The van der Waals surface area contributed by atoms with Crippen molar-refractivity contribution in [1.82, 2.24) is 10.2 Å². The molecule has 5 nitrogen and oxygen atoms in total. The molecule has 1 aromatic carbocycles. The Kier molecular flexibility index (Phi) is 6.28. The number of likely N-dealkylation sites (tertiary alicyclic amines) is 1. The molecular weight excluding hydrogens is 314 g/mol. The average molecular weight is 338 g/mol. The van der Waals surface area contributed by atoms with Gasteiger partial charge in [0.05, 0.1) is 5.92 Å². The van der Waals surface area contributed by atoms with Crippen LogP contribution in [0.25, 0.3) is 0 Å². The van der Waals surface area contributed by atoms with Crippen molar-refractivity contribution in [1.29, 1.82) is 0 Å². The largest absolute Gasteiger partial charge is 0.356 e. The van der Waals surface area contributed by atoms with Crippen molar-refractivity contribution in [2.75, 3.05) is 25.0 Å². The molecule has 0 spiro atoms. The number of carbonyl (C=O) groups excluding carboxylic acids is 2. The first kappa shape index (κ1) is 17.6. The monoisotopic (exact) mass is 337 g/mol. The van der Waals surface area contributed by atoms with E-state index in [1.807, 2.05) is 0 Å². The van der Waals surface area contributed by atoms with Gasteiger partial charge >= 0.3 is 6.03 Å². The van der Waals surface area contributed by atoms with Crippen LogP contribution in [-0.2, 0) is 4.79 Å². The summed E-state index contributed by atoms with van der Waals surface area (Å²) in [6.07, 6.45) is 1.67. The van der Waals surface area contributed by atoms with E-state index < -0.39 is 0 Å². The molecule has 0 aromatic heterocycles. The number of anilines is 1. The molecule has 1 aromatic rings. The molecule has 1 heterocycles. The van der Waals surface area contributed by atoms with Gasteiger partial charge < -0.3 is 15.5 Å². The second-order valence-electron chi connectivity index (χ2n) is 6.36. The van der Waals surface area contributed by atoms with Gasteiger partial charge in [0, 0.05) is 30.3 Å². The zero-order valence-corrected chi connectivity index (χ0v) is 14.4. The third kappa shape index (κ3) is 5.43. The summed E-state index contributed by atoms with van der Waals surface area (Å²) in [6, 6.07) is 6.81. The third-order valence-electron chi connectivity index (χ3n) is 3.86. The van der Waals surface area contributed by atoms with Crippen LogP contribution in [0.4, 0.5) is 10.5 Å². The maximum absolute atomic E-state index is 12.3. The zero-order chi connectivity index (χ0) is 16.8. The van der Waals surface area contributed by atoms with E-state index in [1.165, 1.54) is 0 Å². The highest BCUT2D eigenvalue weighted by molar-refractivity contribution is 6.30. The number of benzene rings is 1. The first-order valence-corrected chi connectivity index (χ1v) is 8.42. The predicted octanol–water partition coefficient (Wildman–Crippen LogP) is 3.36.